The fourth-order valence-electron chi connectivity index (χ4n) is 3.07. The summed E-state index contributed by atoms with van der Waals surface area (Å²) in [5.74, 6) is 0.612. The highest BCUT2D eigenvalue weighted by molar-refractivity contribution is 7.99. The number of pyridine rings is 1. The monoisotopic (exact) mass is 483 g/mol. The number of amides is 1. The molecule has 6 nitrogen and oxygen atoms in total. The predicted octanol–water partition coefficient (Wildman–Crippen LogP) is 5.93. The smallest absolute Gasteiger partial charge is 0.234 e. The van der Waals surface area contributed by atoms with Crippen molar-refractivity contribution in [2.24, 2.45) is 0 Å². The van der Waals surface area contributed by atoms with E-state index in [0.717, 1.165) is 17.7 Å². The summed E-state index contributed by atoms with van der Waals surface area (Å²) in [6.45, 7) is 2.11. The number of rotatable bonds is 7. The molecular weight excluding hydrogens is 465 g/mol. The first kappa shape index (κ1) is 22.3. The number of hydrogen-bond donors (Lipinski definition) is 1. The molecule has 0 aliphatic carbocycles. The highest BCUT2D eigenvalue weighted by Crippen LogP contribution is 2.29. The number of nitrogens with one attached hydrogen (secondary N) is 1. The van der Waals surface area contributed by atoms with Crippen molar-refractivity contribution < 1.29 is 4.79 Å². The van der Waals surface area contributed by atoms with Crippen LogP contribution in [0.3, 0.4) is 0 Å². The summed E-state index contributed by atoms with van der Waals surface area (Å²) in [5, 5.41) is 13.0. The van der Waals surface area contributed by atoms with Gasteiger partial charge in [0, 0.05) is 28.7 Å². The van der Waals surface area contributed by atoms with Gasteiger partial charge in [0.1, 0.15) is 0 Å². The second-order valence-electron chi connectivity index (χ2n) is 6.86. The number of anilines is 1. The highest BCUT2D eigenvalue weighted by Gasteiger charge is 2.18. The Hall–Kier alpha value is -2.87. The van der Waals surface area contributed by atoms with Crippen LogP contribution >= 0.6 is 35.0 Å². The van der Waals surface area contributed by atoms with Gasteiger partial charge in [-0.25, -0.2) is 0 Å². The Morgan fingerprint density at radius 3 is 2.47 bits per heavy atom. The Morgan fingerprint density at radius 1 is 1.03 bits per heavy atom. The van der Waals surface area contributed by atoms with Crippen LogP contribution in [0.5, 0.6) is 0 Å². The molecule has 0 radical (unpaired) electrons. The molecule has 0 saturated carbocycles. The zero-order valence-corrected chi connectivity index (χ0v) is 19.5. The van der Waals surface area contributed by atoms with Gasteiger partial charge in [-0.05, 0) is 54.4 Å². The van der Waals surface area contributed by atoms with E-state index in [0.29, 0.717) is 26.7 Å². The molecule has 0 spiro atoms. The normalized spacial score (nSPS) is 10.8. The molecule has 0 saturated heterocycles. The van der Waals surface area contributed by atoms with Gasteiger partial charge in [-0.15, -0.1) is 10.2 Å². The van der Waals surface area contributed by atoms with Crippen molar-refractivity contribution in [1.29, 1.82) is 0 Å². The fourth-order valence-corrected chi connectivity index (χ4v) is 4.28. The lowest BCUT2D eigenvalue weighted by atomic mass is 10.1. The third-order valence-electron chi connectivity index (χ3n) is 4.71. The Labute approximate surface area is 200 Å². The van der Waals surface area contributed by atoms with E-state index in [1.54, 1.807) is 30.6 Å². The van der Waals surface area contributed by atoms with Crippen molar-refractivity contribution in [3.05, 3.63) is 82.6 Å². The van der Waals surface area contributed by atoms with Gasteiger partial charge in [0.2, 0.25) is 5.91 Å². The lowest BCUT2D eigenvalue weighted by molar-refractivity contribution is -0.113. The van der Waals surface area contributed by atoms with E-state index in [4.69, 9.17) is 23.2 Å². The molecule has 0 bridgehead atoms. The van der Waals surface area contributed by atoms with Crippen LogP contribution in [0.25, 0.3) is 17.1 Å². The largest absolute Gasteiger partial charge is 0.324 e. The average molecular weight is 484 g/mol. The van der Waals surface area contributed by atoms with Crippen LogP contribution in [0.15, 0.2) is 72.1 Å². The van der Waals surface area contributed by atoms with Crippen LogP contribution in [0, 0.1) is 0 Å². The average Bonchev–Trinajstić information content (AvgIpc) is 3.24. The van der Waals surface area contributed by atoms with Crippen molar-refractivity contribution in [3.63, 3.8) is 0 Å². The molecule has 0 unspecified atom stereocenters. The first-order valence-corrected chi connectivity index (χ1v) is 11.6. The van der Waals surface area contributed by atoms with E-state index in [1.807, 2.05) is 28.8 Å². The Kier molecular flexibility index (Phi) is 7.09. The lowest BCUT2D eigenvalue weighted by Gasteiger charge is -2.11. The Balaban J connectivity index is 1.59. The molecule has 2 aromatic heterocycles. The maximum absolute atomic E-state index is 12.5. The third-order valence-corrected chi connectivity index (χ3v) is 6.19. The van der Waals surface area contributed by atoms with Crippen molar-refractivity contribution in [3.8, 4) is 17.1 Å². The Morgan fingerprint density at radius 2 is 1.78 bits per heavy atom. The fraction of sp³-hybridized carbons (Fsp3) is 0.130. The van der Waals surface area contributed by atoms with Crippen molar-refractivity contribution in [2.45, 2.75) is 18.5 Å². The van der Waals surface area contributed by atoms with Crippen LogP contribution in [0.2, 0.25) is 10.0 Å². The van der Waals surface area contributed by atoms with Gasteiger partial charge >= 0.3 is 0 Å². The molecule has 2 aromatic carbocycles. The van der Waals surface area contributed by atoms with Gasteiger partial charge in [0.05, 0.1) is 16.5 Å². The van der Waals surface area contributed by atoms with Crippen molar-refractivity contribution >= 4 is 46.6 Å². The van der Waals surface area contributed by atoms with Crippen LogP contribution in [-0.2, 0) is 11.2 Å². The number of carbonyl (C=O) groups is 1. The number of aryl methyl sites for hydroxylation is 1. The summed E-state index contributed by atoms with van der Waals surface area (Å²) in [5.41, 5.74) is 3.55. The van der Waals surface area contributed by atoms with Crippen LogP contribution in [0.4, 0.5) is 5.69 Å². The van der Waals surface area contributed by atoms with E-state index in [2.05, 4.69) is 39.6 Å². The summed E-state index contributed by atoms with van der Waals surface area (Å²) in [6, 6.07) is 16.9. The minimum Gasteiger partial charge on any atom is -0.324 e. The van der Waals surface area contributed by atoms with Crippen LogP contribution in [0.1, 0.15) is 12.5 Å². The summed E-state index contributed by atoms with van der Waals surface area (Å²) < 4.78 is 1.95. The molecule has 1 N–H and O–H groups in total. The van der Waals surface area contributed by atoms with E-state index in [9.17, 15) is 4.79 Å². The summed E-state index contributed by atoms with van der Waals surface area (Å²) in [4.78, 5) is 16.6. The van der Waals surface area contributed by atoms with E-state index >= 15 is 0 Å². The predicted molar refractivity (Wildman–Crippen MR) is 130 cm³/mol. The highest BCUT2D eigenvalue weighted by atomic mass is 35.5. The molecule has 32 heavy (non-hydrogen) atoms. The number of aromatic nitrogens is 4. The standard InChI is InChI=1S/C23H19Cl2N5OS/c1-2-15-3-6-18(7-4-15)30-22(16-9-11-26-12-10-16)28-29-23(30)32-14-21(31)27-20-8-5-17(24)13-19(20)25/h3-13H,2,14H2,1H3,(H,27,31). The van der Waals surface area contributed by atoms with Crippen molar-refractivity contribution in [1.82, 2.24) is 19.7 Å². The second kappa shape index (κ2) is 10.2. The second-order valence-corrected chi connectivity index (χ2v) is 8.64. The first-order chi connectivity index (χ1) is 15.5. The zero-order valence-electron chi connectivity index (χ0n) is 17.1. The first-order valence-electron chi connectivity index (χ1n) is 9.88. The molecule has 162 valence electrons. The number of halogens is 2. The van der Waals surface area contributed by atoms with Crippen LogP contribution < -0.4 is 5.32 Å². The van der Waals surface area contributed by atoms with E-state index in [-0.39, 0.29) is 11.7 Å². The number of thioether (sulfide) groups is 1. The summed E-state index contributed by atoms with van der Waals surface area (Å²) in [7, 11) is 0. The zero-order chi connectivity index (χ0) is 22.5. The van der Waals surface area contributed by atoms with Crippen molar-refractivity contribution in [2.75, 3.05) is 11.1 Å². The number of carbonyl (C=O) groups excluding carboxylic acids is 1. The molecule has 4 rings (SSSR count). The topological polar surface area (TPSA) is 72.7 Å². The minimum absolute atomic E-state index is 0.139. The van der Waals surface area contributed by atoms with E-state index in [1.165, 1.54) is 17.3 Å². The van der Waals surface area contributed by atoms with Gasteiger partial charge in [0.25, 0.3) is 0 Å². The third kappa shape index (κ3) is 5.12. The quantitative estimate of drug-likeness (QED) is 0.329. The maximum Gasteiger partial charge on any atom is 0.234 e. The van der Waals surface area contributed by atoms with Crippen LogP contribution in [-0.4, -0.2) is 31.4 Å². The summed E-state index contributed by atoms with van der Waals surface area (Å²) >= 11 is 13.4. The number of benzene rings is 2. The number of nitrogens with zero attached hydrogens (tertiary/aromatic N) is 4. The van der Waals surface area contributed by atoms with Gasteiger partial charge < -0.3 is 5.32 Å². The molecule has 0 aliphatic rings. The van der Waals surface area contributed by atoms with Gasteiger partial charge in [-0.3, -0.25) is 14.3 Å². The Bertz CT molecular complexity index is 1230. The van der Waals surface area contributed by atoms with Gasteiger partial charge in [0.15, 0.2) is 11.0 Å². The summed E-state index contributed by atoms with van der Waals surface area (Å²) in [6.07, 6.45) is 4.38. The molecule has 2 heterocycles. The lowest BCUT2D eigenvalue weighted by Crippen LogP contribution is -2.15. The molecule has 4 aromatic rings. The minimum atomic E-state index is -0.208. The molecule has 0 aliphatic heterocycles. The SMILES string of the molecule is CCc1ccc(-n2c(SCC(=O)Nc3ccc(Cl)cc3Cl)nnc2-c2ccncc2)cc1. The molecule has 1 amide bonds. The van der Waals surface area contributed by atoms with E-state index < -0.39 is 0 Å². The van der Waals surface area contributed by atoms with Gasteiger partial charge in [-0.1, -0.05) is 54.0 Å². The van der Waals surface area contributed by atoms with Gasteiger partial charge in [-0.2, -0.15) is 0 Å². The molecule has 0 fully saturated rings. The maximum atomic E-state index is 12.5. The molecule has 0 atom stereocenters. The number of hydrogen-bond acceptors (Lipinski definition) is 5. The molecular formula is C23H19Cl2N5OS. The molecule has 9 heteroatoms.